The molecule has 1 N–H and O–H groups in total. The van der Waals surface area contributed by atoms with Crippen LogP contribution in [0.3, 0.4) is 0 Å². The molecule has 0 unspecified atom stereocenters. The zero-order valence-corrected chi connectivity index (χ0v) is 10.8. The topological polar surface area (TPSA) is 30.5 Å². The molecule has 0 saturated heterocycles. The first-order valence-electron chi connectivity index (χ1n) is 6.00. The summed E-state index contributed by atoms with van der Waals surface area (Å²) in [6.45, 7) is 1.38. The predicted molar refractivity (Wildman–Crippen MR) is 71.2 cm³/mol. The van der Waals surface area contributed by atoms with Gasteiger partial charge in [0, 0.05) is 23.0 Å². The molecule has 1 heterocycles. The lowest BCUT2D eigenvalue weighted by molar-refractivity contribution is 0.174. The van der Waals surface area contributed by atoms with Gasteiger partial charge in [0.2, 0.25) is 6.79 Å². The normalized spacial score (nSPS) is 19.8. The fourth-order valence-corrected chi connectivity index (χ4v) is 3.21. The number of rotatable bonds is 4. The van der Waals surface area contributed by atoms with Crippen molar-refractivity contribution in [1.82, 2.24) is 0 Å². The van der Waals surface area contributed by atoms with Gasteiger partial charge in [0.15, 0.2) is 11.5 Å². The maximum absolute atomic E-state index is 5.37. The van der Waals surface area contributed by atoms with Gasteiger partial charge in [-0.15, -0.1) is 0 Å². The zero-order chi connectivity index (χ0) is 11.7. The summed E-state index contributed by atoms with van der Waals surface area (Å²) in [5.74, 6) is 1.69. The molecule has 3 rings (SSSR count). The van der Waals surface area contributed by atoms with Crippen molar-refractivity contribution in [2.24, 2.45) is 0 Å². The van der Waals surface area contributed by atoms with E-state index in [1.54, 1.807) is 0 Å². The van der Waals surface area contributed by atoms with Crippen molar-refractivity contribution in [3.8, 4) is 11.5 Å². The van der Waals surface area contributed by atoms with E-state index in [0.717, 1.165) is 23.7 Å². The molecular formula is C13H17NO2S. The second-order valence-corrected chi connectivity index (χ2v) is 5.94. The fraction of sp³-hybridized carbons (Fsp3) is 0.538. The van der Waals surface area contributed by atoms with Crippen LogP contribution in [-0.4, -0.2) is 24.3 Å². The van der Waals surface area contributed by atoms with E-state index >= 15 is 0 Å². The van der Waals surface area contributed by atoms with E-state index in [1.807, 2.05) is 23.9 Å². The number of ether oxygens (including phenoxy) is 2. The molecule has 2 aliphatic rings. The standard InChI is InChI=1S/C13H17NO2S/c1-17-13(5-2-6-13)8-14-10-3-4-11-12(7-10)16-9-15-11/h3-4,7,14H,2,5-6,8-9H2,1H3. The summed E-state index contributed by atoms with van der Waals surface area (Å²) >= 11 is 1.99. The highest BCUT2D eigenvalue weighted by molar-refractivity contribution is 8.00. The quantitative estimate of drug-likeness (QED) is 0.890. The summed E-state index contributed by atoms with van der Waals surface area (Å²) in [4.78, 5) is 0. The summed E-state index contributed by atoms with van der Waals surface area (Å²) in [7, 11) is 0. The Balaban J connectivity index is 1.65. The molecular weight excluding hydrogens is 234 g/mol. The Hall–Kier alpha value is -1.03. The molecule has 1 aliphatic heterocycles. The molecule has 0 bridgehead atoms. The van der Waals surface area contributed by atoms with Crippen molar-refractivity contribution < 1.29 is 9.47 Å². The van der Waals surface area contributed by atoms with Crippen LogP contribution in [0.2, 0.25) is 0 Å². The number of thioether (sulfide) groups is 1. The van der Waals surface area contributed by atoms with E-state index in [-0.39, 0.29) is 0 Å². The third-order valence-electron chi connectivity index (χ3n) is 3.69. The van der Waals surface area contributed by atoms with Crippen LogP contribution < -0.4 is 14.8 Å². The van der Waals surface area contributed by atoms with Gasteiger partial charge in [0.1, 0.15) is 0 Å². The van der Waals surface area contributed by atoms with Crippen molar-refractivity contribution >= 4 is 17.4 Å². The van der Waals surface area contributed by atoms with Gasteiger partial charge in [-0.1, -0.05) is 6.42 Å². The van der Waals surface area contributed by atoms with E-state index in [9.17, 15) is 0 Å². The van der Waals surface area contributed by atoms with Gasteiger partial charge in [-0.3, -0.25) is 0 Å². The largest absolute Gasteiger partial charge is 0.454 e. The van der Waals surface area contributed by atoms with Crippen molar-refractivity contribution in [3.05, 3.63) is 18.2 Å². The molecule has 0 aromatic heterocycles. The molecule has 1 saturated carbocycles. The van der Waals surface area contributed by atoms with Crippen LogP contribution in [0.15, 0.2) is 18.2 Å². The Kier molecular flexibility index (Phi) is 2.82. The van der Waals surface area contributed by atoms with E-state index in [2.05, 4.69) is 17.6 Å². The van der Waals surface area contributed by atoms with E-state index < -0.39 is 0 Å². The minimum atomic E-state index is 0.341. The molecule has 0 atom stereocenters. The summed E-state index contributed by atoms with van der Waals surface area (Å²) < 4.78 is 11.1. The second-order valence-electron chi connectivity index (χ2n) is 4.66. The average Bonchev–Trinajstić information content (AvgIpc) is 2.75. The minimum absolute atomic E-state index is 0.341. The number of benzene rings is 1. The third kappa shape index (κ3) is 2.06. The maximum Gasteiger partial charge on any atom is 0.231 e. The number of hydrogen-bond acceptors (Lipinski definition) is 4. The van der Waals surface area contributed by atoms with Crippen molar-refractivity contribution in [2.75, 3.05) is 24.9 Å². The Morgan fingerprint density at radius 2 is 2.12 bits per heavy atom. The number of nitrogens with one attached hydrogen (secondary N) is 1. The lowest BCUT2D eigenvalue weighted by atomic mass is 9.84. The monoisotopic (exact) mass is 251 g/mol. The van der Waals surface area contributed by atoms with Gasteiger partial charge >= 0.3 is 0 Å². The smallest absolute Gasteiger partial charge is 0.231 e. The van der Waals surface area contributed by atoms with Crippen LogP contribution in [0, 0.1) is 0 Å². The lowest BCUT2D eigenvalue weighted by Gasteiger charge is -2.40. The van der Waals surface area contributed by atoms with Crippen molar-refractivity contribution in [3.63, 3.8) is 0 Å². The molecule has 0 radical (unpaired) electrons. The molecule has 1 fully saturated rings. The number of hydrogen-bond donors (Lipinski definition) is 1. The number of anilines is 1. The Labute approximate surface area is 106 Å². The van der Waals surface area contributed by atoms with E-state index in [0.29, 0.717) is 11.5 Å². The first kappa shape index (κ1) is 11.1. The first-order valence-corrected chi connectivity index (χ1v) is 7.22. The van der Waals surface area contributed by atoms with Crippen LogP contribution >= 0.6 is 11.8 Å². The van der Waals surface area contributed by atoms with E-state index in [1.165, 1.54) is 19.3 Å². The summed E-state index contributed by atoms with van der Waals surface area (Å²) in [6.07, 6.45) is 6.22. The van der Waals surface area contributed by atoms with Crippen molar-refractivity contribution in [2.45, 2.75) is 24.0 Å². The highest BCUT2D eigenvalue weighted by atomic mass is 32.2. The highest BCUT2D eigenvalue weighted by Crippen LogP contribution is 2.43. The van der Waals surface area contributed by atoms with Gasteiger partial charge in [-0.25, -0.2) is 0 Å². The average molecular weight is 251 g/mol. The summed E-state index contributed by atoms with van der Waals surface area (Å²) in [6, 6.07) is 6.05. The zero-order valence-electron chi connectivity index (χ0n) is 9.99. The minimum Gasteiger partial charge on any atom is -0.454 e. The first-order chi connectivity index (χ1) is 8.31. The van der Waals surface area contributed by atoms with Gasteiger partial charge in [-0.2, -0.15) is 11.8 Å². The summed E-state index contributed by atoms with van der Waals surface area (Å²) in [5, 5.41) is 3.51. The predicted octanol–water partition coefficient (Wildman–Crippen LogP) is 3.11. The SMILES string of the molecule is CSC1(CNc2ccc3c(c2)OCO3)CCC1. The molecule has 4 heteroatoms. The second kappa shape index (κ2) is 4.33. The molecule has 17 heavy (non-hydrogen) atoms. The fourth-order valence-electron chi connectivity index (χ4n) is 2.29. The van der Waals surface area contributed by atoms with Crippen molar-refractivity contribution in [1.29, 1.82) is 0 Å². The summed E-state index contributed by atoms with van der Waals surface area (Å²) in [5.41, 5.74) is 1.12. The molecule has 0 spiro atoms. The lowest BCUT2D eigenvalue weighted by Crippen LogP contribution is -2.40. The molecule has 3 nitrogen and oxygen atoms in total. The molecule has 1 aromatic carbocycles. The van der Waals surface area contributed by atoms with Gasteiger partial charge in [0.05, 0.1) is 0 Å². The van der Waals surface area contributed by atoms with Crippen LogP contribution in [0.5, 0.6) is 11.5 Å². The highest BCUT2D eigenvalue weighted by Gasteiger charge is 2.35. The Morgan fingerprint density at radius 3 is 2.82 bits per heavy atom. The molecule has 0 amide bonds. The van der Waals surface area contributed by atoms with Crippen LogP contribution in [0.25, 0.3) is 0 Å². The van der Waals surface area contributed by atoms with E-state index in [4.69, 9.17) is 9.47 Å². The number of fused-ring (bicyclic) bond motifs is 1. The molecule has 1 aromatic rings. The molecule has 92 valence electrons. The maximum atomic E-state index is 5.37. The van der Waals surface area contributed by atoms with Gasteiger partial charge in [-0.05, 0) is 31.2 Å². The van der Waals surface area contributed by atoms with Crippen LogP contribution in [0.4, 0.5) is 5.69 Å². The van der Waals surface area contributed by atoms with Gasteiger partial charge < -0.3 is 14.8 Å². The van der Waals surface area contributed by atoms with Gasteiger partial charge in [0.25, 0.3) is 0 Å². The van der Waals surface area contributed by atoms with Crippen LogP contribution in [-0.2, 0) is 0 Å². The molecule has 1 aliphatic carbocycles. The van der Waals surface area contributed by atoms with Crippen LogP contribution in [0.1, 0.15) is 19.3 Å². The third-order valence-corrected chi connectivity index (χ3v) is 5.10. The Morgan fingerprint density at radius 1 is 1.29 bits per heavy atom. The Bertz CT molecular complexity index is 412.